The summed E-state index contributed by atoms with van der Waals surface area (Å²) in [6, 6.07) is 0. The monoisotopic (exact) mass is 142 g/mol. The minimum atomic E-state index is -2.37. The van der Waals surface area contributed by atoms with Gasteiger partial charge in [-0.15, -0.1) is 0 Å². The Morgan fingerprint density at radius 3 is 2.29 bits per heavy atom. The van der Waals surface area contributed by atoms with E-state index in [1.807, 2.05) is 0 Å². The van der Waals surface area contributed by atoms with Crippen molar-refractivity contribution in [1.82, 2.24) is 0 Å². The molecule has 0 bridgehead atoms. The molecule has 0 aliphatic carbocycles. The minimum Gasteiger partial charge on any atom is -0.371 e. The molecule has 0 radical (unpaired) electrons. The van der Waals surface area contributed by atoms with Crippen LogP contribution in [0, 0.1) is 0 Å². The smallest absolute Gasteiger partial charge is 0.371 e. The van der Waals surface area contributed by atoms with E-state index in [-0.39, 0.29) is 0 Å². The molecule has 6 heteroatoms. The lowest BCUT2D eigenvalue weighted by atomic mass is 11.5. The van der Waals surface area contributed by atoms with Crippen LogP contribution in [-0.2, 0) is 4.57 Å². The van der Waals surface area contributed by atoms with Crippen LogP contribution in [0.1, 0.15) is 0 Å². The molecule has 0 aliphatic rings. The van der Waals surface area contributed by atoms with E-state index >= 15 is 0 Å². The van der Waals surface area contributed by atoms with E-state index in [2.05, 4.69) is 0 Å². The van der Waals surface area contributed by atoms with Crippen LogP contribution in [-0.4, -0.2) is 15.3 Å². The zero-order valence-corrected chi connectivity index (χ0v) is 5.30. The molecule has 4 nitrogen and oxygen atoms in total. The molecule has 0 saturated carbocycles. The van der Waals surface area contributed by atoms with Gasteiger partial charge >= 0.3 is 8.03 Å². The summed E-state index contributed by atoms with van der Waals surface area (Å²) in [4.78, 5) is 16.1. The van der Waals surface area contributed by atoms with Gasteiger partial charge in [-0.1, -0.05) is 0 Å². The van der Waals surface area contributed by atoms with Crippen molar-refractivity contribution in [1.29, 1.82) is 0 Å². The molecule has 0 rings (SSSR count). The molecule has 0 fully saturated rings. The average Bonchev–Trinajstić information content (AvgIpc) is 1.65. The van der Waals surface area contributed by atoms with Crippen LogP contribution in [0.3, 0.4) is 0 Å². The quantitative estimate of drug-likeness (QED) is 0.456. The average molecular weight is 142 g/mol. The Bertz CT molecular complexity index is 75.3. The second kappa shape index (κ2) is 3.42. The van der Waals surface area contributed by atoms with Crippen LogP contribution < -0.4 is 5.73 Å². The fourth-order valence-corrected chi connectivity index (χ4v) is 0.445. The van der Waals surface area contributed by atoms with Crippen molar-refractivity contribution >= 4 is 16.8 Å². The van der Waals surface area contributed by atoms with E-state index in [0.717, 1.165) is 0 Å². The molecule has 0 aromatic rings. The number of rotatable bonds is 2. The van der Waals surface area contributed by atoms with Crippen LogP contribution in [0.5, 0.6) is 0 Å². The molecule has 3 atom stereocenters. The molecule has 0 aromatic heterocycles. The zero-order chi connectivity index (χ0) is 5.86. The summed E-state index contributed by atoms with van der Waals surface area (Å²) >= 11 is 0. The Morgan fingerprint density at radius 1 is 1.86 bits per heavy atom. The maximum Gasteiger partial charge on any atom is 0.531 e. The van der Waals surface area contributed by atoms with E-state index in [4.69, 9.17) is 15.5 Å². The third kappa shape index (κ3) is 3.03. The normalized spacial score (nSPS) is 17.9. The molecule has 0 spiro atoms. The van der Waals surface area contributed by atoms with E-state index < -0.39 is 22.4 Å². The van der Waals surface area contributed by atoms with Crippen LogP contribution in [0.4, 0.5) is 0 Å². The van der Waals surface area contributed by atoms with Gasteiger partial charge in [0.25, 0.3) is 5.52 Å². The van der Waals surface area contributed by atoms with Crippen LogP contribution in [0.2, 0.25) is 0 Å². The van der Waals surface area contributed by atoms with Crippen molar-refractivity contribution in [3.8, 4) is 0 Å². The topological polar surface area (TPSA) is 83.5 Å². The summed E-state index contributed by atoms with van der Waals surface area (Å²) in [6.45, 7) is 0. The van der Waals surface area contributed by atoms with Crippen LogP contribution >= 0.6 is 16.8 Å². The predicted molar refractivity (Wildman–Crippen MR) is 28.3 cm³/mol. The molecular formula is CH6NO3P2+. The number of hydrogen-bond acceptors (Lipinski definition) is 3. The summed E-state index contributed by atoms with van der Waals surface area (Å²) in [6.07, 6.45) is 0. The van der Waals surface area contributed by atoms with Gasteiger partial charge in [0, 0.05) is 0 Å². The summed E-state index contributed by atoms with van der Waals surface area (Å²) in [5, 5.41) is 0. The van der Waals surface area contributed by atoms with Gasteiger partial charge in [-0.05, 0) is 4.57 Å². The van der Waals surface area contributed by atoms with Gasteiger partial charge in [-0.2, -0.15) is 4.89 Å². The van der Waals surface area contributed by atoms with Gasteiger partial charge in [0.05, 0.1) is 8.81 Å². The van der Waals surface area contributed by atoms with Gasteiger partial charge in [0.2, 0.25) is 0 Å². The Hall–Kier alpha value is 0.410. The van der Waals surface area contributed by atoms with E-state index in [0.29, 0.717) is 0 Å². The third-order valence-electron chi connectivity index (χ3n) is 0.370. The van der Waals surface area contributed by atoms with Crippen molar-refractivity contribution < 1.29 is 14.4 Å². The largest absolute Gasteiger partial charge is 0.531 e. The Kier molecular flexibility index (Phi) is 3.62. The van der Waals surface area contributed by atoms with Crippen LogP contribution in [0.25, 0.3) is 0 Å². The highest BCUT2D eigenvalue weighted by atomic mass is 31.2. The molecular weight excluding hydrogens is 136 g/mol. The van der Waals surface area contributed by atoms with Gasteiger partial charge < -0.3 is 4.89 Å². The summed E-state index contributed by atoms with van der Waals surface area (Å²) in [7, 11) is -3.02. The van der Waals surface area contributed by atoms with E-state index in [1.54, 1.807) is 0 Å². The Labute approximate surface area is 43.5 Å². The lowest BCUT2D eigenvalue weighted by Crippen LogP contribution is -2.06. The Balaban J connectivity index is 3.34. The van der Waals surface area contributed by atoms with Crippen molar-refractivity contribution in [3.63, 3.8) is 0 Å². The molecule has 42 valence electrons. The first-order chi connectivity index (χ1) is 3.18. The van der Waals surface area contributed by atoms with E-state index in [1.165, 1.54) is 0 Å². The molecule has 0 amide bonds. The SMILES string of the molecule is NC(PO)[P+](=O)O. The van der Waals surface area contributed by atoms with Gasteiger partial charge in [0.1, 0.15) is 0 Å². The number of nitrogens with two attached hydrogens (primary N) is 1. The fourth-order valence-electron chi connectivity index (χ4n) is 0.0494. The third-order valence-corrected chi connectivity index (χ3v) is 2.12. The molecule has 0 saturated heterocycles. The number of hydrogen-bond donors (Lipinski definition) is 3. The highest BCUT2D eigenvalue weighted by molar-refractivity contribution is 7.54. The molecule has 0 heterocycles. The second-order valence-corrected chi connectivity index (χ2v) is 3.40. The van der Waals surface area contributed by atoms with Crippen molar-refractivity contribution in [2.24, 2.45) is 5.73 Å². The molecule has 7 heavy (non-hydrogen) atoms. The Morgan fingerprint density at radius 2 is 2.29 bits per heavy atom. The van der Waals surface area contributed by atoms with E-state index in [9.17, 15) is 4.57 Å². The first-order valence-electron chi connectivity index (χ1n) is 1.49. The van der Waals surface area contributed by atoms with Gasteiger partial charge in [-0.3, -0.25) is 5.73 Å². The first kappa shape index (κ1) is 7.41. The summed E-state index contributed by atoms with van der Waals surface area (Å²) in [5.41, 5.74) is 3.90. The second-order valence-electron chi connectivity index (χ2n) is 0.876. The zero-order valence-electron chi connectivity index (χ0n) is 3.40. The maximum atomic E-state index is 9.80. The summed E-state index contributed by atoms with van der Waals surface area (Å²) < 4.78 is 9.80. The lowest BCUT2D eigenvalue weighted by molar-refractivity contribution is 0.498. The van der Waals surface area contributed by atoms with Crippen LogP contribution in [0.15, 0.2) is 0 Å². The fraction of sp³-hybridized carbons (Fsp3) is 1.00. The van der Waals surface area contributed by atoms with Crippen molar-refractivity contribution in [2.75, 3.05) is 0 Å². The highest BCUT2D eigenvalue weighted by Crippen LogP contribution is 2.28. The minimum absolute atomic E-state index is 0.644. The summed E-state index contributed by atoms with van der Waals surface area (Å²) in [5.74, 6) is 0. The van der Waals surface area contributed by atoms with Crippen molar-refractivity contribution in [3.05, 3.63) is 0 Å². The lowest BCUT2D eigenvalue weighted by Gasteiger charge is -1.84. The van der Waals surface area contributed by atoms with Crippen molar-refractivity contribution in [2.45, 2.75) is 5.52 Å². The van der Waals surface area contributed by atoms with Gasteiger partial charge in [0.15, 0.2) is 0 Å². The standard InChI is InChI=1S/CH5NO3P2/c2-1(6-3)7(4)5/h1,3,6H,2H2/p+1. The van der Waals surface area contributed by atoms with Gasteiger partial charge in [-0.25, -0.2) is 0 Å². The molecule has 4 N–H and O–H groups in total. The molecule has 0 aliphatic heterocycles. The first-order valence-corrected chi connectivity index (χ1v) is 3.79. The molecule has 0 aromatic carbocycles. The maximum absolute atomic E-state index is 9.80. The molecule has 3 unspecified atom stereocenters. The highest BCUT2D eigenvalue weighted by Gasteiger charge is 2.22. The predicted octanol–water partition coefficient (Wildman–Crippen LogP) is -0.451.